The molecular formula is C20H20O8. The number of esters is 4. The minimum atomic E-state index is -0.476. The van der Waals surface area contributed by atoms with E-state index in [1.54, 1.807) is 18.2 Å². The lowest BCUT2D eigenvalue weighted by molar-refractivity contribution is 0.0586. The standard InChI is InChI=1S/2C10H10O4/c1-13-9(11)7-3-5-8(6-4-7)10(12)14-2;1-13-9(11)7-4-3-5-8(6-7)10(12)14-2/h2*3-6H,1-2H3. The molecule has 0 aliphatic heterocycles. The summed E-state index contributed by atoms with van der Waals surface area (Å²) in [5, 5.41) is 0. The van der Waals surface area contributed by atoms with Crippen LogP contribution >= 0.6 is 0 Å². The van der Waals surface area contributed by atoms with Crippen LogP contribution < -0.4 is 0 Å². The summed E-state index contributed by atoms with van der Waals surface area (Å²) in [6.07, 6.45) is 0. The van der Waals surface area contributed by atoms with Crippen molar-refractivity contribution in [1.82, 2.24) is 0 Å². The van der Waals surface area contributed by atoms with E-state index in [2.05, 4.69) is 18.9 Å². The number of carbonyl (C=O) groups is 4. The molecule has 148 valence electrons. The van der Waals surface area contributed by atoms with Crippen molar-refractivity contribution in [2.75, 3.05) is 28.4 Å². The molecule has 0 saturated heterocycles. The predicted octanol–water partition coefficient (Wildman–Crippen LogP) is 2.52. The molecule has 0 heterocycles. The SMILES string of the molecule is COC(=O)c1ccc(C(=O)OC)cc1.COC(=O)c1cccc(C(=O)OC)c1. The number of hydrogen-bond acceptors (Lipinski definition) is 8. The predicted molar refractivity (Wildman–Crippen MR) is 98.2 cm³/mol. The van der Waals surface area contributed by atoms with Crippen molar-refractivity contribution in [3.63, 3.8) is 0 Å². The molecule has 2 aromatic rings. The van der Waals surface area contributed by atoms with Gasteiger partial charge in [0, 0.05) is 0 Å². The van der Waals surface area contributed by atoms with Crippen LogP contribution in [0.25, 0.3) is 0 Å². The van der Waals surface area contributed by atoms with Crippen LogP contribution in [-0.4, -0.2) is 52.3 Å². The molecule has 0 aliphatic rings. The van der Waals surface area contributed by atoms with E-state index in [1.165, 1.54) is 58.8 Å². The van der Waals surface area contributed by atoms with E-state index in [0.29, 0.717) is 22.3 Å². The second-order valence-electron chi connectivity index (χ2n) is 5.12. The van der Waals surface area contributed by atoms with Gasteiger partial charge in [-0.05, 0) is 42.5 Å². The molecule has 0 aromatic heterocycles. The molecule has 0 spiro atoms. The van der Waals surface area contributed by atoms with Gasteiger partial charge in [-0.25, -0.2) is 19.2 Å². The molecule has 0 fully saturated rings. The van der Waals surface area contributed by atoms with E-state index in [1.807, 2.05) is 0 Å². The van der Waals surface area contributed by atoms with E-state index in [9.17, 15) is 19.2 Å². The maximum absolute atomic E-state index is 11.1. The van der Waals surface area contributed by atoms with Crippen molar-refractivity contribution in [3.05, 3.63) is 70.8 Å². The Hall–Kier alpha value is -3.68. The third kappa shape index (κ3) is 6.24. The Bertz CT molecular complexity index is 773. The van der Waals surface area contributed by atoms with Crippen LogP contribution in [0.15, 0.2) is 48.5 Å². The van der Waals surface area contributed by atoms with Gasteiger partial charge in [0.15, 0.2) is 0 Å². The van der Waals surface area contributed by atoms with Gasteiger partial charge >= 0.3 is 23.9 Å². The molecule has 0 N–H and O–H groups in total. The number of benzene rings is 2. The molecule has 0 aliphatic carbocycles. The topological polar surface area (TPSA) is 105 Å². The van der Waals surface area contributed by atoms with Gasteiger partial charge in [0.1, 0.15) is 0 Å². The zero-order chi connectivity index (χ0) is 21.1. The highest BCUT2D eigenvalue weighted by Crippen LogP contribution is 2.08. The molecule has 0 radical (unpaired) electrons. The van der Waals surface area contributed by atoms with Gasteiger partial charge < -0.3 is 18.9 Å². The van der Waals surface area contributed by atoms with Gasteiger partial charge in [-0.1, -0.05) is 6.07 Å². The third-order valence-electron chi connectivity index (χ3n) is 3.43. The van der Waals surface area contributed by atoms with E-state index in [0.717, 1.165) is 0 Å². The number of methoxy groups -OCH3 is 4. The first-order chi connectivity index (χ1) is 13.4. The maximum atomic E-state index is 11.1. The lowest BCUT2D eigenvalue weighted by atomic mass is 10.1. The fourth-order valence-corrected chi connectivity index (χ4v) is 1.99. The summed E-state index contributed by atoms with van der Waals surface area (Å²) < 4.78 is 18.0. The Labute approximate surface area is 162 Å². The lowest BCUT2D eigenvalue weighted by Gasteiger charge is -2.01. The summed E-state index contributed by atoms with van der Waals surface area (Å²) in [5.74, 6) is -1.81. The molecule has 2 rings (SSSR count). The molecule has 8 heteroatoms. The molecule has 0 bridgehead atoms. The number of ether oxygens (including phenoxy) is 4. The molecule has 2 aromatic carbocycles. The first-order valence-electron chi connectivity index (χ1n) is 7.91. The smallest absolute Gasteiger partial charge is 0.337 e. The van der Waals surface area contributed by atoms with Crippen molar-refractivity contribution < 1.29 is 38.1 Å². The Morgan fingerprint density at radius 3 is 1.07 bits per heavy atom. The van der Waals surface area contributed by atoms with E-state index in [4.69, 9.17) is 0 Å². The molecule has 0 unspecified atom stereocenters. The average Bonchev–Trinajstić information content (AvgIpc) is 2.77. The zero-order valence-electron chi connectivity index (χ0n) is 15.9. The normalized spacial score (nSPS) is 9.29. The van der Waals surface area contributed by atoms with Gasteiger partial charge in [0.05, 0.1) is 50.7 Å². The molecule has 28 heavy (non-hydrogen) atoms. The Morgan fingerprint density at radius 2 is 0.786 bits per heavy atom. The zero-order valence-corrected chi connectivity index (χ0v) is 15.9. The summed E-state index contributed by atoms with van der Waals surface area (Å²) in [4.78, 5) is 44.3. The minimum Gasteiger partial charge on any atom is -0.465 e. The van der Waals surface area contributed by atoms with Gasteiger partial charge in [-0.3, -0.25) is 0 Å². The van der Waals surface area contributed by atoms with E-state index in [-0.39, 0.29) is 0 Å². The van der Waals surface area contributed by atoms with E-state index < -0.39 is 23.9 Å². The van der Waals surface area contributed by atoms with Crippen molar-refractivity contribution in [3.8, 4) is 0 Å². The molecule has 0 atom stereocenters. The van der Waals surface area contributed by atoms with Gasteiger partial charge in [0.2, 0.25) is 0 Å². The molecule has 0 amide bonds. The Balaban J connectivity index is 0.000000280. The minimum absolute atomic E-state index is 0.329. The maximum Gasteiger partial charge on any atom is 0.337 e. The quantitative estimate of drug-likeness (QED) is 0.581. The summed E-state index contributed by atoms with van der Waals surface area (Å²) in [5.41, 5.74) is 1.46. The monoisotopic (exact) mass is 388 g/mol. The summed E-state index contributed by atoms with van der Waals surface area (Å²) in [6.45, 7) is 0. The number of rotatable bonds is 4. The molecule has 0 saturated carbocycles. The molecule has 8 nitrogen and oxygen atoms in total. The third-order valence-corrected chi connectivity index (χ3v) is 3.43. The van der Waals surface area contributed by atoms with Crippen LogP contribution in [0, 0.1) is 0 Å². The highest BCUT2D eigenvalue weighted by Gasteiger charge is 2.10. The second kappa shape index (κ2) is 11.1. The van der Waals surface area contributed by atoms with Crippen molar-refractivity contribution >= 4 is 23.9 Å². The highest BCUT2D eigenvalue weighted by molar-refractivity contribution is 5.95. The highest BCUT2D eigenvalue weighted by atomic mass is 16.5. The first-order valence-corrected chi connectivity index (χ1v) is 7.91. The number of hydrogen-bond donors (Lipinski definition) is 0. The Kier molecular flexibility index (Phi) is 8.88. The van der Waals surface area contributed by atoms with Crippen LogP contribution in [0.2, 0.25) is 0 Å². The van der Waals surface area contributed by atoms with E-state index >= 15 is 0 Å². The van der Waals surface area contributed by atoms with Crippen molar-refractivity contribution in [2.45, 2.75) is 0 Å². The number of carbonyl (C=O) groups excluding carboxylic acids is 4. The van der Waals surface area contributed by atoms with Gasteiger partial charge in [-0.2, -0.15) is 0 Å². The largest absolute Gasteiger partial charge is 0.465 e. The summed E-state index contributed by atoms with van der Waals surface area (Å²) >= 11 is 0. The fourth-order valence-electron chi connectivity index (χ4n) is 1.99. The van der Waals surface area contributed by atoms with Crippen molar-refractivity contribution in [2.24, 2.45) is 0 Å². The van der Waals surface area contributed by atoms with Gasteiger partial charge in [-0.15, -0.1) is 0 Å². The fraction of sp³-hybridized carbons (Fsp3) is 0.200. The summed E-state index contributed by atoms with van der Waals surface area (Å²) in [6, 6.07) is 12.2. The second-order valence-corrected chi connectivity index (χ2v) is 5.12. The first kappa shape index (κ1) is 22.4. The van der Waals surface area contributed by atoms with Gasteiger partial charge in [0.25, 0.3) is 0 Å². The van der Waals surface area contributed by atoms with Crippen LogP contribution in [0.3, 0.4) is 0 Å². The summed E-state index contributed by atoms with van der Waals surface area (Å²) in [7, 11) is 5.17. The lowest BCUT2D eigenvalue weighted by Crippen LogP contribution is -2.05. The van der Waals surface area contributed by atoms with Crippen LogP contribution in [0.5, 0.6) is 0 Å². The molecular weight excluding hydrogens is 368 g/mol. The van der Waals surface area contributed by atoms with Crippen LogP contribution in [0.4, 0.5) is 0 Å². The van der Waals surface area contributed by atoms with Crippen LogP contribution in [-0.2, 0) is 18.9 Å². The van der Waals surface area contributed by atoms with Crippen LogP contribution in [0.1, 0.15) is 41.4 Å². The average molecular weight is 388 g/mol. The Morgan fingerprint density at radius 1 is 0.500 bits per heavy atom. The van der Waals surface area contributed by atoms with Crippen molar-refractivity contribution in [1.29, 1.82) is 0 Å².